The summed E-state index contributed by atoms with van der Waals surface area (Å²) in [5.74, 6) is -0.0207. The van der Waals surface area contributed by atoms with Gasteiger partial charge in [-0.3, -0.25) is 4.79 Å². The van der Waals surface area contributed by atoms with E-state index in [4.69, 9.17) is 4.74 Å². The number of hydrogen-bond donors (Lipinski definition) is 0. The van der Waals surface area contributed by atoms with E-state index in [1.165, 1.54) is 32.1 Å². The highest BCUT2D eigenvalue weighted by molar-refractivity contribution is 5.69. The van der Waals surface area contributed by atoms with E-state index in [9.17, 15) is 4.79 Å². The average Bonchev–Trinajstić information content (AvgIpc) is 2.33. The molecule has 0 atom stereocenters. The molecule has 1 heterocycles. The second-order valence-corrected chi connectivity index (χ2v) is 6.26. The minimum Gasteiger partial charge on any atom is -0.460 e. The molecule has 110 valence electrons. The Hall–Kier alpha value is -0.790. The van der Waals surface area contributed by atoms with E-state index >= 15 is 0 Å². The summed E-state index contributed by atoms with van der Waals surface area (Å²) in [6.07, 6.45) is 16.9. The predicted octanol–water partition coefficient (Wildman–Crippen LogP) is 5.17. The van der Waals surface area contributed by atoms with Gasteiger partial charge in [-0.1, -0.05) is 37.8 Å². The van der Waals surface area contributed by atoms with Crippen LogP contribution in [0.2, 0.25) is 0 Å². The molecule has 2 heteroatoms. The summed E-state index contributed by atoms with van der Waals surface area (Å²) in [4.78, 5) is 11.8. The van der Waals surface area contributed by atoms with Crippen LogP contribution in [0, 0.1) is 0 Å². The molecule has 2 nitrogen and oxygen atoms in total. The van der Waals surface area contributed by atoms with Gasteiger partial charge >= 0.3 is 5.97 Å². The van der Waals surface area contributed by atoms with Crippen LogP contribution in [0.15, 0.2) is 12.2 Å². The van der Waals surface area contributed by atoms with E-state index in [0.717, 1.165) is 32.1 Å². The van der Waals surface area contributed by atoms with Crippen LogP contribution < -0.4 is 0 Å². The van der Waals surface area contributed by atoms with Crippen molar-refractivity contribution in [1.29, 1.82) is 0 Å². The SMILES string of the molecule is CC1(C)CCC/C=C/CCCCCCCCC(=O)O1. The molecule has 1 aliphatic heterocycles. The Labute approximate surface area is 118 Å². The largest absolute Gasteiger partial charge is 0.460 e. The number of hydrogen-bond acceptors (Lipinski definition) is 2. The highest BCUT2D eigenvalue weighted by Crippen LogP contribution is 2.20. The molecule has 1 aliphatic rings. The third kappa shape index (κ3) is 8.85. The second kappa shape index (κ2) is 9.17. The lowest BCUT2D eigenvalue weighted by Crippen LogP contribution is -2.27. The van der Waals surface area contributed by atoms with Gasteiger partial charge in [-0.15, -0.1) is 0 Å². The van der Waals surface area contributed by atoms with Crippen molar-refractivity contribution >= 4 is 5.97 Å². The normalized spacial score (nSPS) is 25.5. The van der Waals surface area contributed by atoms with Gasteiger partial charge in [-0.2, -0.15) is 0 Å². The summed E-state index contributed by atoms with van der Waals surface area (Å²) >= 11 is 0. The Kier molecular flexibility index (Phi) is 7.85. The molecule has 0 radical (unpaired) electrons. The highest BCUT2D eigenvalue weighted by Gasteiger charge is 2.21. The Morgan fingerprint density at radius 3 is 2.21 bits per heavy atom. The fourth-order valence-corrected chi connectivity index (χ4v) is 2.53. The van der Waals surface area contributed by atoms with Crippen LogP contribution in [0.5, 0.6) is 0 Å². The molecule has 0 aromatic carbocycles. The maximum absolute atomic E-state index is 11.8. The van der Waals surface area contributed by atoms with Gasteiger partial charge in [0.15, 0.2) is 0 Å². The summed E-state index contributed by atoms with van der Waals surface area (Å²) in [7, 11) is 0. The van der Waals surface area contributed by atoms with Gasteiger partial charge in [0.25, 0.3) is 0 Å². The molecule has 0 aromatic rings. The van der Waals surface area contributed by atoms with Crippen molar-refractivity contribution in [3.8, 4) is 0 Å². The summed E-state index contributed by atoms with van der Waals surface area (Å²) in [6, 6.07) is 0. The standard InChI is InChI=1S/C17H30O2/c1-17(2)15-13-11-9-7-5-3-4-6-8-10-12-14-16(18)19-17/h7,9H,3-6,8,10-15H2,1-2H3/b9-7+. The summed E-state index contributed by atoms with van der Waals surface area (Å²) < 4.78 is 5.58. The fraction of sp³-hybridized carbons (Fsp3) is 0.824. The second-order valence-electron chi connectivity index (χ2n) is 6.26. The quantitative estimate of drug-likeness (QED) is 0.446. The molecule has 0 unspecified atom stereocenters. The molecule has 0 saturated heterocycles. The molecule has 19 heavy (non-hydrogen) atoms. The van der Waals surface area contributed by atoms with Gasteiger partial charge in [0.2, 0.25) is 0 Å². The third-order valence-corrected chi connectivity index (χ3v) is 3.71. The highest BCUT2D eigenvalue weighted by atomic mass is 16.6. The Morgan fingerprint density at radius 1 is 0.895 bits per heavy atom. The molecular formula is C17H30O2. The minimum atomic E-state index is -0.304. The first-order valence-corrected chi connectivity index (χ1v) is 7.97. The Balaban J connectivity index is 2.40. The zero-order chi connectivity index (χ0) is 14.0. The van der Waals surface area contributed by atoms with Crippen molar-refractivity contribution in [1.82, 2.24) is 0 Å². The molecule has 0 amide bonds. The number of cyclic esters (lactones) is 1. The Morgan fingerprint density at radius 2 is 1.47 bits per heavy atom. The van der Waals surface area contributed by atoms with Gasteiger partial charge in [0.1, 0.15) is 5.60 Å². The van der Waals surface area contributed by atoms with E-state index in [2.05, 4.69) is 12.2 Å². The smallest absolute Gasteiger partial charge is 0.306 e. The monoisotopic (exact) mass is 266 g/mol. The lowest BCUT2D eigenvalue weighted by Gasteiger charge is -2.25. The first-order chi connectivity index (χ1) is 9.10. The first-order valence-electron chi connectivity index (χ1n) is 7.97. The summed E-state index contributed by atoms with van der Waals surface area (Å²) in [5, 5.41) is 0. The van der Waals surface area contributed by atoms with E-state index in [1.54, 1.807) is 0 Å². The van der Waals surface area contributed by atoms with Crippen molar-refractivity contribution in [3.63, 3.8) is 0 Å². The number of carbonyl (C=O) groups is 1. The van der Waals surface area contributed by atoms with Crippen LogP contribution in [0.1, 0.15) is 84.5 Å². The van der Waals surface area contributed by atoms with E-state index in [-0.39, 0.29) is 11.6 Å². The molecule has 0 N–H and O–H groups in total. The van der Waals surface area contributed by atoms with Crippen molar-refractivity contribution in [2.24, 2.45) is 0 Å². The molecule has 0 fully saturated rings. The van der Waals surface area contributed by atoms with Crippen LogP contribution in [-0.4, -0.2) is 11.6 Å². The predicted molar refractivity (Wildman–Crippen MR) is 80.1 cm³/mol. The van der Waals surface area contributed by atoms with E-state index < -0.39 is 0 Å². The molecule has 0 bridgehead atoms. The van der Waals surface area contributed by atoms with Crippen molar-refractivity contribution < 1.29 is 9.53 Å². The van der Waals surface area contributed by atoms with E-state index in [1.807, 2.05) is 13.8 Å². The summed E-state index contributed by atoms with van der Waals surface area (Å²) in [5.41, 5.74) is -0.304. The van der Waals surface area contributed by atoms with Crippen molar-refractivity contribution in [2.75, 3.05) is 0 Å². The van der Waals surface area contributed by atoms with Crippen molar-refractivity contribution in [2.45, 2.75) is 90.1 Å². The van der Waals surface area contributed by atoms with Gasteiger partial charge in [0, 0.05) is 6.42 Å². The number of ether oxygens (including phenoxy) is 1. The van der Waals surface area contributed by atoms with Crippen LogP contribution in [0.4, 0.5) is 0 Å². The van der Waals surface area contributed by atoms with Gasteiger partial charge in [-0.05, 0) is 52.4 Å². The molecule has 0 aromatic heterocycles. The lowest BCUT2D eigenvalue weighted by atomic mass is 10.0. The van der Waals surface area contributed by atoms with Crippen LogP contribution >= 0.6 is 0 Å². The molecule has 1 rings (SSSR count). The topological polar surface area (TPSA) is 26.3 Å². The molecule has 0 saturated carbocycles. The van der Waals surface area contributed by atoms with E-state index in [0.29, 0.717) is 6.42 Å². The average molecular weight is 266 g/mol. The van der Waals surface area contributed by atoms with Gasteiger partial charge in [-0.25, -0.2) is 0 Å². The molecule has 0 aliphatic carbocycles. The van der Waals surface area contributed by atoms with Crippen LogP contribution in [0.3, 0.4) is 0 Å². The first kappa shape index (κ1) is 16.3. The van der Waals surface area contributed by atoms with Crippen LogP contribution in [-0.2, 0) is 9.53 Å². The lowest BCUT2D eigenvalue weighted by molar-refractivity contribution is -0.157. The summed E-state index contributed by atoms with van der Waals surface area (Å²) in [6.45, 7) is 4.05. The number of esters is 1. The fourth-order valence-electron chi connectivity index (χ4n) is 2.53. The number of rotatable bonds is 0. The maximum Gasteiger partial charge on any atom is 0.306 e. The van der Waals surface area contributed by atoms with Gasteiger partial charge < -0.3 is 4.74 Å². The molecule has 0 spiro atoms. The number of allylic oxidation sites excluding steroid dienone is 2. The van der Waals surface area contributed by atoms with Crippen LogP contribution in [0.25, 0.3) is 0 Å². The zero-order valence-electron chi connectivity index (χ0n) is 12.7. The maximum atomic E-state index is 11.8. The van der Waals surface area contributed by atoms with Crippen molar-refractivity contribution in [3.05, 3.63) is 12.2 Å². The molecular weight excluding hydrogens is 236 g/mol. The number of carbonyl (C=O) groups excluding carboxylic acids is 1. The minimum absolute atomic E-state index is 0.0207. The van der Waals surface area contributed by atoms with Gasteiger partial charge in [0.05, 0.1) is 0 Å². The Bertz CT molecular complexity index is 279. The third-order valence-electron chi connectivity index (χ3n) is 3.71. The zero-order valence-corrected chi connectivity index (χ0v) is 12.7.